The Morgan fingerprint density at radius 2 is 1.67 bits per heavy atom. The van der Waals surface area contributed by atoms with Crippen LogP contribution in [-0.4, -0.2) is 29.5 Å². The summed E-state index contributed by atoms with van der Waals surface area (Å²) in [6, 6.07) is 20.2. The molecule has 1 aliphatic carbocycles. The van der Waals surface area contributed by atoms with E-state index in [9.17, 15) is 24.5 Å². The van der Waals surface area contributed by atoms with Crippen LogP contribution in [0.4, 0.5) is 11.4 Å². The molecule has 0 N–H and O–H groups in total. The lowest BCUT2D eigenvalue weighted by atomic mass is 9.64. The summed E-state index contributed by atoms with van der Waals surface area (Å²) >= 11 is 6.41. The number of carbonyl (C=O) groups excluding carboxylic acids is 3. The van der Waals surface area contributed by atoms with Gasteiger partial charge in [-0.25, -0.2) is 4.90 Å². The topological polar surface area (TPSA) is 125 Å². The SMILES string of the molecule is O=C1Oc2c(ccc3ccccc23)C2=C[C@H](c3ccc4c(c3)OCO4)[C@@H]3C(=O)N(c4cc([N+](=O)[O-])ccc4Cl)C(=O)[C@H]3[C@@H]12. The number of nitro groups is 1. The number of ether oxygens (including phenoxy) is 3. The van der Waals surface area contributed by atoms with Crippen LogP contribution in [-0.2, 0) is 14.4 Å². The molecule has 0 spiro atoms. The van der Waals surface area contributed by atoms with Crippen molar-refractivity contribution in [3.05, 3.63) is 105 Å². The summed E-state index contributed by atoms with van der Waals surface area (Å²) in [4.78, 5) is 54.1. The minimum Gasteiger partial charge on any atom is -0.454 e. The summed E-state index contributed by atoms with van der Waals surface area (Å²) in [5.41, 5.74) is 1.47. The lowest BCUT2D eigenvalue weighted by Gasteiger charge is -2.38. The van der Waals surface area contributed by atoms with E-state index in [2.05, 4.69) is 0 Å². The van der Waals surface area contributed by atoms with Crippen LogP contribution in [0.5, 0.6) is 17.2 Å². The number of hydrogen-bond acceptors (Lipinski definition) is 8. The Morgan fingerprint density at radius 3 is 2.51 bits per heavy atom. The number of rotatable bonds is 3. The van der Waals surface area contributed by atoms with Crippen LogP contribution in [0.15, 0.2) is 78.9 Å². The maximum atomic E-state index is 14.3. The van der Waals surface area contributed by atoms with E-state index in [1.807, 2.05) is 42.5 Å². The van der Waals surface area contributed by atoms with Crippen LogP contribution >= 0.6 is 11.6 Å². The summed E-state index contributed by atoms with van der Waals surface area (Å²) < 4.78 is 17.0. The number of allylic oxidation sites excluding steroid dienone is 1. The molecule has 0 radical (unpaired) electrons. The molecule has 4 atom stereocenters. The number of hydrogen-bond donors (Lipinski definition) is 0. The molecule has 1 saturated heterocycles. The highest BCUT2D eigenvalue weighted by atomic mass is 35.5. The molecule has 4 aromatic rings. The predicted octanol–water partition coefficient (Wildman–Crippen LogP) is 5.65. The highest BCUT2D eigenvalue weighted by Gasteiger charge is 2.61. The molecular formula is C32H19ClN2O8. The van der Waals surface area contributed by atoms with Crippen molar-refractivity contribution >= 4 is 57.1 Å². The van der Waals surface area contributed by atoms with Gasteiger partial charge in [-0.1, -0.05) is 60.1 Å². The van der Waals surface area contributed by atoms with Crippen LogP contribution in [0.3, 0.4) is 0 Å². The molecule has 2 amide bonds. The fourth-order valence-electron chi connectivity index (χ4n) is 6.76. The van der Waals surface area contributed by atoms with E-state index in [4.69, 9.17) is 25.8 Å². The Kier molecular flexibility index (Phi) is 5.42. The van der Waals surface area contributed by atoms with Crippen molar-refractivity contribution < 1.29 is 33.5 Å². The molecule has 10 nitrogen and oxygen atoms in total. The van der Waals surface area contributed by atoms with E-state index in [0.717, 1.165) is 21.7 Å². The van der Waals surface area contributed by atoms with Crippen LogP contribution < -0.4 is 19.1 Å². The molecule has 4 aromatic carbocycles. The summed E-state index contributed by atoms with van der Waals surface area (Å²) in [5, 5.41) is 13.2. The van der Waals surface area contributed by atoms with E-state index >= 15 is 0 Å². The summed E-state index contributed by atoms with van der Waals surface area (Å²) in [6.07, 6.45) is 1.86. The van der Waals surface area contributed by atoms with Gasteiger partial charge in [0, 0.05) is 29.0 Å². The lowest BCUT2D eigenvalue weighted by Crippen LogP contribution is -2.42. The van der Waals surface area contributed by atoms with Crippen molar-refractivity contribution in [2.24, 2.45) is 17.8 Å². The number of fused-ring (bicyclic) bond motifs is 8. The average Bonchev–Trinajstić information content (AvgIpc) is 3.58. The van der Waals surface area contributed by atoms with Gasteiger partial charge >= 0.3 is 5.97 Å². The highest BCUT2D eigenvalue weighted by Crippen LogP contribution is 2.56. The zero-order chi connectivity index (χ0) is 29.6. The highest BCUT2D eigenvalue weighted by molar-refractivity contribution is 6.36. The van der Waals surface area contributed by atoms with Crippen molar-refractivity contribution in [2.75, 3.05) is 11.7 Å². The van der Waals surface area contributed by atoms with Crippen molar-refractivity contribution in [3.63, 3.8) is 0 Å². The maximum absolute atomic E-state index is 14.3. The molecule has 0 bridgehead atoms. The molecular weight excluding hydrogens is 576 g/mol. The zero-order valence-corrected chi connectivity index (χ0v) is 22.8. The Labute approximate surface area is 248 Å². The molecule has 1 fully saturated rings. The molecule has 3 heterocycles. The monoisotopic (exact) mass is 594 g/mol. The normalized spacial score (nSPS) is 23.4. The van der Waals surface area contributed by atoms with Crippen LogP contribution in [0.1, 0.15) is 17.0 Å². The number of imide groups is 1. The minimum atomic E-state index is -1.15. The molecule has 0 unspecified atom stereocenters. The molecule has 11 heteroatoms. The average molecular weight is 595 g/mol. The van der Waals surface area contributed by atoms with Gasteiger partial charge in [-0.05, 0) is 34.7 Å². The maximum Gasteiger partial charge on any atom is 0.319 e. The molecule has 0 saturated carbocycles. The number of nitrogens with zero attached hydrogens (tertiary/aromatic N) is 2. The Balaban J connectivity index is 1.34. The zero-order valence-electron chi connectivity index (χ0n) is 22.1. The third kappa shape index (κ3) is 3.63. The summed E-state index contributed by atoms with van der Waals surface area (Å²) in [6.45, 7) is 0.0570. The fourth-order valence-corrected chi connectivity index (χ4v) is 6.96. The third-order valence-electron chi connectivity index (χ3n) is 8.65. The van der Waals surface area contributed by atoms with E-state index in [1.165, 1.54) is 12.1 Å². The molecule has 8 rings (SSSR count). The van der Waals surface area contributed by atoms with E-state index in [0.29, 0.717) is 33.9 Å². The van der Waals surface area contributed by atoms with Crippen molar-refractivity contribution in [1.29, 1.82) is 0 Å². The molecule has 212 valence electrons. The second kappa shape index (κ2) is 9.14. The number of anilines is 1. The number of nitro benzene ring substituents is 1. The number of non-ortho nitro benzene ring substituents is 1. The number of amides is 2. The largest absolute Gasteiger partial charge is 0.454 e. The first-order valence-corrected chi connectivity index (χ1v) is 13.9. The van der Waals surface area contributed by atoms with Gasteiger partial charge in [0.25, 0.3) is 5.69 Å². The van der Waals surface area contributed by atoms with Gasteiger partial charge < -0.3 is 14.2 Å². The van der Waals surface area contributed by atoms with Crippen LogP contribution in [0.2, 0.25) is 5.02 Å². The summed E-state index contributed by atoms with van der Waals surface area (Å²) in [5.74, 6) is -4.41. The number of benzene rings is 4. The first-order chi connectivity index (χ1) is 20.8. The van der Waals surface area contributed by atoms with Gasteiger partial charge in [0.15, 0.2) is 11.5 Å². The lowest BCUT2D eigenvalue weighted by molar-refractivity contribution is -0.384. The van der Waals surface area contributed by atoms with E-state index < -0.39 is 46.4 Å². The van der Waals surface area contributed by atoms with E-state index in [1.54, 1.807) is 18.2 Å². The Bertz CT molecular complexity index is 1990. The second-order valence-electron chi connectivity index (χ2n) is 10.8. The van der Waals surface area contributed by atoms with Gasteiger partial charge in [-0.2, -0.15) is 0 Å². The van der Waals surface area contributed by atoms with Crippen molar-refractivity contribution in [2.45, 2.75) is 5.92 Å². The number of carbonyl (C=O) groups is 3. The third-order valence-corrected chi connectivity index (χ3v) is 8.97. The standard InChI is InChI=1S/C32H19ClN2O8/c33-22-9-7-17(35(39)40)12-23(22)34-30(36)26-20(16-6-10-24-25(11-16)42-14-41-24)13-21-19-8-5-15-3-1-2-4-18(15)29(19)43-32(38)27(21)28(26)31(34)37/h1-13,20,26-28H,14H2/t20-,26+,27+,28-/m1/s1. The summed E-state index contributed by atoms with van der Waals surface area (Å²) in [7, 11) is 0. The predicted molar refractivity (Wildman–Crippen MR) is 154 cm³/mol. The number of esters is 1. The number of halogens is 1. The van der Waals surface area contributed by atoms with Gasteiger partial charge in [-0.15, -0.1) is 0 Å². The quantitative estimate of drug-likeness (QED) is 0.0979. The second-order valence-corrected chi connectivity index (χ2v) is 11.2. The molecule has 4 aliphatic rings. The van der Waals surface area contributed by atoms with Gasteiger partial charge in [0.2, 0.25) is 18.6 Å². The first kappa shape index (κ1) is 25.5. The smallest absolute Gasteiger partial charge is 0.319 e. The first-order valence-electron chi connectivity index (χ1n) is 13.5. The Morgan fingerprint density at radius 1 is 0.884 bits per heavy atom. The van der Waals surface area contributed by atoms with Gasteiger partial charge in [0.1, 0.15) is 5.75 Å². The minimum absolute atomic E-state index is 0.0122. The van der Waals surface area contributed by atoms with Crippen LogP contribution in [0.25, 0.3) is 16.3 Å². The van der Waals surface area contributed by atoms with Crippen LogP contribution in [0, 0.1) is 27.9 Å². The van der Waals surface area contributed by atoms with Gasteiger partial charge in [0.05, 0.1) is 33.4 Å². The van der Waals surface area contributed by atoms with E-state index in [-0.39, 0.29) is 23.2 Å². The molecule has 43 heavy (non-hydrogen) atoms. The fraction of sp³-hybridized carbons (Fsp3) is 0.156. The van der Waals surface area contributed by atoms with Crippen molar-refractivity contribution in [1.82, 2.24) is 0 Å². The Hall–Kier alpha value is -5.22. The van der Waals surface area contributed by atoms with Gasteiger partial charge in [-0.3, -0.25) is 24.5 Å². The molecule has 3 aliphatic heterocycles. The van der Waals surface area contributed by atoms with Crippen molar-refractivity contribution in [3.8, 4) is 17.2 Å². The molecule has 0 aromatic heterocycles.